The summed E-state index contributed by atoms with van der Waals surface area (Å²) in [5.41, 5.74) is 0. The number of unbranched alkanes of at least 4 members (excludes halogenated alkanes) is 43. The summed E-state index contributed by atoms with van der Waals surface area (Å²) in [7, 11) is 0. The molecule has 0 rings (SSSR count). The zero-order valence-corrected chi connectivity index (χ0v) is 54.8. The van der Waals surface area contributed by atoms with Crippen LogP contribution < -0.4 is 0 Å². The van der Waals surface area contributed by atoms with Gasteiger partial charge >= 0.3 is 17.9 Å². The second-order valence-electron chi connectivity index (χ2n) is 24.1. The lowest BCUT2D eigenvalue weighted by Gasteiger charge is -2.18. The number of ether oxygens (including phenoxy) is 3. The molecule has 0 aliphatic carbocycles. The van der Waals surface area contributed by atoms with Gasteiger partial charge in [-0.2, -0.15) is 0 Å². The smallest absolute Gasteiger partial charge is 0.306 e. The first-order valence-corrected chi connectivity index (χ1v) is 35.9. The number of esters is 3. The molecule has 0 aromatic rings. The van der Waals surface area contributed by atoms with Crippen molar-refractivity contribution in [2.24, 2.45) is 0 Å². The minimum Gasteiger partial charge on any atom is -0.462 e. The molecule has 6 nitrogen and oxygen atoms in total. The van der Waals surface area contributed by atoms with E-state index in [1.54, 1.807) is 0 Å². The summed E-state index contributed by atoms with van der Waals surface area (Å²) in [6.45, 7) is 6.62. The average molecular weight is 1150 g/mol. The van der Waals surface area contributed by atoms with Crippen molar-refractivity contribution in [1.82, 2.24) is 0 Å². The summed E-state index contributed by atoms with van der Waals surface area (Å²) >= 11 is 0. The van der Waals surface area contributed by atoms with Crippen LogP contribution in [-0.4, -0.2) is 37.2 Å². The molecular formula is C76H136O6. The van der Waals surface area contributed by atoms with Crippen molar-refractivity contribution >= 4 is 17.9 Å². The highest BCUT2D eigenvalue weighted by Crippen LogP contribution is 2.18. The largest absolute Gasteiger partial charge is 0.462 e. The van der Waals surface area contributed by atoms with Gasteiger partial charge in [0.2, 0.25) is 0 Å². The van der Waals surface area contributed by atoms with E-state index in [2.05, 4.69) is 93.7 Å². The van der Waals surface area contributed by atoms with Crippen LogP contribution in [0.2, 0.25) is 0 Å². The van der Waals surface area contributed by atoms with E-state index in [0.717, 1.165) is 89.9 Å². The Kier molecular flexibility index (Phi) is 67.6. The van der Waals surface area contributed by atoms with Crippen molar-refractivity contribution in [1.29, 1.82) is 0 Å². The Morgan fingerprint density at radius 3 is 0.707 bits per heavy atom. The second kappa shape index (κ2) is 70.3. The highest BCUT2D eigenvalue weighted by atomic mass is 16.6. The van der Waals surface area contributed by atoms with E-state index < -0.39 is 6.10 Å². The van der Waals surface area contributed by atoms with E-state index >= 15 is 0 Å². The van der Waals surface area contributed by atoms with Crippen molar-refractivity contribution < 1.29 is 28.6 Å². The molecule has 0 saturated heterocycles. The fourth-order valence-corrected chi connectivity index (χ4v) is 10.5. The summed E-state index contributed by atoms with van der Waals surface area (Å²) in [6.07, 6.45) is 92.1. The predicted octanol–water partition coefficient (Wildman–Crippen LogP) is 24.8. The Hall–Kier alpha value is -3.15. The maximum Gasteiger partial charge on any atom is 0.306 e. The van der Waals surface area contributed by atoms with Crippen molar-refractivity contribution in [3.8, 4) is 0 Å². The van der Waals surface area contributed by atoms with Gasteiger partial charge < -0.3 is 14.2 Å². The standard InChI is InChI=1S/C76H136O6/c1-4-7-10-13-16-19-22-25-28-30-32-34-36-38-40-42-44-46-48-51-54-57-60-63-66-69-75(78)81-72-73(71-80-74(77)68-65-62-59-56-53-50-27-24-21-18-15-12-9-6-3)82-76(79)70-67-64-61-58-55-52-49-47-45-43-41-39-37-35-33-31-29-26-23-20-17-14-11-8-5-2/h15,18,22-27,30-33,73H,4-14,16-17,19-21,28-29,34-72H2,1-3H3/b18-15-,25-22-,26-23-,27-24-,32-30-,33-31-. The first-order valence-electron chi connectivity index (χ1n) is 35.9. The Labute approximate surface area is 510 Å². The number of hydrogen-bond donors (Lipinski definition) is 0. The predicted molar refractivity (Wildman–Crippen MR) is 358 cm³/mol. The van der Waals surface area contributed by atoms with Gasteiger partial charge in [-0.05, 0) is 109 Å². The molecule has 0 saturated carbocycles. The SMILES string of the molecule is CCCC/C=C\C/C=C\CCCCCCCC(=O)OCC(COC(=O)CCCCCCCCCCCCCCC/C=C\C/C=C\CCCCCCC)OC(=O)CCCCCCCCCCCCCCC/C=C\C/C=C\CCCCCCC. The van der Waals surface area contributed by atoms with Gasteiger partial charge in [-0.25, -0.2) is 0 Å². The van der Waals surface area contributed by atoms with Gasteiger partial charge in [0.05, 0.1) is 0 Å². The third-order valence-corrected chi connectivity index (χ3v) is 15.9. The molecule has 1 atom stereocenters. The minimum absolute atomic E-state index is 0.0779. The lowest BCUT2D eigenvalue weighted by atomic mass is 10.0. The number of rotatable bonds is 66. The fourth-order valence-electron chi connectivity index (χ4n) is 10.5. The topological polar surface area (TPSA) is 78.9 Å². The van der Waals surface area contributed by atoms with Crippen LogP contribution in [0.3, 0.4) is 0 Å². The van der Waals surface area contributed by atoms with Gasteiger partial charge in [-0.15, -0.1) is 0 Å². The van der Waals surface area contributed by atoms with Gasteiger partial charge in [0, 0.05) is 19.3 Å². The zero-order valence-electron chi connectivity index (χ0n) is 54.8. The van der Waals surface area contributed by atoms with Crippen LogP contribution in [0.5, 0.6) is 0 Å². The highest BCUT2D eigenvalue weighted by Gasteiger charge is 2.19. The van der Waals surface area contributed by atoms with Crippen molar-refractivity contribution in [3.05, 3.63) is 72.9 Å². The van der Waals surface area contributed by atoms with Crippen molar-refractivity contribution in [2.45, 2.75) is 380 Å². The van der Waals surface area contributed by atoms with E-state index in [4.69, 9.17) is 14.2 Å². The first-order chi connectivity index (χ1) is 40.5. The maximum absolute atomic E-state index is 13.0. The van der Waals surface area contributed by atoms with Crippen LogP contribution in [-0.2, 0) is 28.6 Å². The average Bonchev–Trinajstić information content (AvgIpc) is 3.48. The summed E-state index contributed by atoms with van der Waals surface area (Å²) in [6, 6.07) is 0. The van der Waals surface area contributed by atoms with E-state index in [-0.39, 0.29) is 31.1 Å². The molecule has 0 aromatic heterocycles. The normalized spacial score (nSPS) is 12.5. The second-order valence-corrected chi connectivity index (χ2v) is 24.1. The fraction of sp³-hybridized carbons (Fsp3) is 0.803. The summed E-state index contributed by atoms with van der Waals surface area (Å²) in [5, 5.41) is 0. The Balaban J connectivity index is 4.28. The van der Waals surface area contributed by atoms with E-state index in [1.807, 2.05) is 0 Å². The zero-order chi connectivity index (χ0) is 59.2. The lowest BCUT2D eigenvalue weighted by Crippen LogP contribution is -2.30. The molecule has 82 heavy (non-hydrogen) atoms. The van der Waals surface area contributed by atoms with Gasteiger partial charge in [0.1, 0.15) is 13.2 Å². The maximum atomic E-state index is 13.0. The van der Waals surface area contributed by atoms with Gasteiger partial charge in [0.25, 0.3) is 0 Å². The van der Waals surface area contributed by atoms with Crippen LogP contribution in [0.4, 0.5) is 0 Å². The molecule has 0 aliphatic heterocycles. The highest BCUT2D eigenvalue weighted by molar-refractivity contribution is 5.71. The molecule has 0 radical (unpaired) electrons. The van der Waals surface area contributed by atoms with Crippen LogP contribution in [0.15, 0.2) is 72.9 Å². The molecular weight excluding hydrogens is 1010 g/mol. The third-order valence-electron chi connectivity index (χ3n) is 15.9. The van der Waals surface area contributed by atoms with Crippen molar-refractivity contribution in [2.75, 3.05) is 13.2 Å². The van der Waals surface area contributed by atoms with Crippen molar-refractivity contribution in [3.63, 3.8) is 0 Å². The van der Waals surface area contributed by atoms with Gasteiger partial charge in [-0.1, -0.05) is 318 Å². The Morgan fingerprint density at radius 1 is 0.244 bits per heavy atom. The van der Waals surface area contributed by atoms with Crippen LogP contribution in [0.1, 0.15) is 374 Å². The molecule has 0 N–H and O–H groups in total. The van der Waals surface area contributed by atoms with Gasteiger partial charge in [-0.3, -0.25) is 14.4 Å². The van der Waals surface area contributed by atoms with Crippen LogP contribution in [0.25, 0.3) is 0 Å². The molecule has 0 heterocycles. The summed E-state index contributed by atoms with van der Waals surface area (Å²) < 4.78 is 17.0. The van der Waals surface area contributed by atoms with E-state index in [9.17, 15) is 14.4 Å². The molecule has 6 heteroatoms. The number of hydrogen-bond acceptors (Lipinski definition) is 6. The third kappa shape index (κ3) is 67.6. The van der Waals surface area contributed by atoms with E-state index in [1.165, 1.54) is 244 Å². The summed E-state index contributed by atoms with van der Waals surface area (Å²) in [4.78, 5) is 38.5. The van der Waals surface area contributed by atoms with E-state index in [0.29, 0.717) is 19.3 Å². The lowest BCUT2D eigenvalue weighted by molar-refractivity contribution is -0.167. The van der Waals surface area contributed by atoms with Crippen LogP contribution in [0, 0.1) is 0 Å². The molecule has 0 aliphatic rings. The van der Waals surface area contributed by atoms with Crippen LogP contribution >= 0.6 is 0 Å². The molecule has 0 amide bonds. The van der Waals surface area contributed by atoms with Gasteiger partial charge in [0.15, 0.2) is 6.10 Å². The molecule has 0 fully saturated rings. The first kappa shape index (κ1) is 78.8. The number of allylic oxidation sites excluding steroid dienone is 12. The minimum atomic E-state index is -0.783. The molecule has 0 aromatic carbocycles. The number of carbonyl (C=O) groups is 3. The molecule has 0 bridgehead atoms. The molecule has 1 unspecified atom stereocenters. The Morgan fingerprint density at radius 2 is 0.451 bits per heavy atom. The Bertz CT molecular complexity index is 1500. The summed E-state index contributed by atoms with van der Waals surface area (Å²) in [5.74, 6) is -0.873. The quantitative estimate of drug-likeness (QED) is 0.0261. The monoisotopic (exact) mass is 1150 g/mol. The molecule has 0 spiro atoms. The number of carbonyl (C=O) groups excluding carboxylic acids is 3. The molecule has 476 valence electrons.